The molecule has 0 radical (unpaired) electrons. The van der Waals surface area contributed by atoms with Crippen LogP contribution in [0.4, 0.5) is 8.78 Å². The number of aromatic nitrogens is 2. The Morgan fingerprint density at radius 1 is 0.670 bits per heavy atom. The predicted octanol–water partition coefficient (Wildman–Crippen LogP) is 6.05. The van der Waals surface area contributed by atoms with Crippen LogP contribution in [0.15, 0.2) is 150 Å². The van der Waals surface area contributed by atoms with Crippen LogP contribution in [0, 0.1) is 35.8 Å². The van der Waals surface area contributed by atoms with Crippen LogP contribution >= 0.6 is 58.4 Å². The minimum Gasteiger partial charge on any atom is -1.00 e. The van der Waals surface area contributed by atoms with E-state index in [9.17, 15) is 42.1 Å². The third-order valence-corrected chi connectivity index (χ3v) is 13.8. The van der Waals surface area contributed by atoms with E-state index < -0.39 is 30.5 Å². The Hall–Kier alpha value is -4.36. The molecule has 25 heteroatoms. The summed E-state index contributed by atoms with van der Waals surface area (Å²) in [7, 11) is -1.18. The minimum atomic E-state index is -1.18. The smallest absolute Gasteiger partial charge is 1.00 e. The zero-order valence-corrected chi connectivity index (χ0v) is 69.0. The van der Waals surface area contributed by atoms with Gasteiger partial charge in [-0.15, -0.1) is 6.42 Å². The van der Waals surface area contributed by atoms with Gasteiger partial charge in [-0.25, -0.2) is 8.78 Å². The van der Waals surface area contributed by atoms with Gasteiger partial charge in [-0.1, -0.05) is 122 Å². The molecular weight excluding hydrogens is 1550 g/mol. The van der Waals surface area contributed by atoms with E-state index in [1.54, 1.807) is 40.3 Å². The monoisotopic (exact) mass is 1620 g/mol. The number of carbonyl (C=O) groups is 7. The number of halogens is 5. The van der Waals surface area contributed by atoms with Crippen molar-refractivity contribution in [2.75, 3.05) is 19.8 Å². The molecule has 8 aromatic rings. The van der Waals surface area contributed by atoms with Crippen molar-refractivity contribution in [2.45, 2.75) is 79.8 Å². The van der Waals surface area contributed by atoms with E-state index in [0.717, 1.165) is 32.1 Å². The molecular formula is C66H65BrCl2Cs2F2N6O10PS+. The number of thiol groups is 1. The number of nitrogens with zero attached hydrogens (tertiary/aromatic N) is 4. The number of nitrogens with one attached hydrogen (secondary N) is 2. The van der Waals surface area contributed by atoms with Crippen LogP contribution in [0.2, 0.25) is 10.0 Å². The molecule has 0 bridgehead atoms. The number of amides is 4. The molecule has 466 valence electrons. The molecule has 2 N–H and O–H groups in total. The van der Waals surface area contributed by atoms with Gasteiger partial charge in [-0.2, -0.15) is 0 Å². The Kier molecular flexibility index (Phi) is 39.0. The Labute approximate surface area is 672 Å². The van der Waals surface area contributed by atoms with Crippen molar-refractivity contribution in [2.24, 2.45) is 0 Å². The number of terminal acetylenes is 1. The maximum absolute atomic E-state index is 14.2. The van der Waals surface area contributed by atoms with Gasteiger partial charge < -0.3 is 41.1 Å². The van der Waals surface area contributed by atoms with Crippen molar-refractivity contribution in [1.82, 2.24) is 29.6 Å². The maximum atomic E-state index is 14.2. The Balaban J connectivity index is 0.000000728. The Bertz CT molecular complexity index is 3940. The molecule has 0 fully saturated rings. The summed E-state index contributed by atoms with van der Waals surface area (Å²) in [6, 6.07) is 38.9. The topological polar surface area (TPSA) is 209 Å². The van der Waals surface area contributed by atoms with Crippen molar-refractivity contribution in [3.8, 4) is 24.2 Å². The van der Waals surface area contributed by atoms with Crippen molar-refractivity contribution in [3.05, 3.63) is 211 Å². The number of hydrogen-bond acceptors (Lipinski definition) is 10. The van der Waals surface area contributed by atoms with Crippen LogP contribution in [-0.4, -0.2) is 92.4 Å². The van der Waals surface area contributed by atoms with Gasteiger partial charge in [0.25, 0.3) is 6.47 Å². The first-order chi connectivity index (χ1) is 42.3. The molecule has 1 atom stereocenters. The summed E-state index contributed by atoms with van der Waals surface area (Å²) in [5.41, 5.74) is 5.57. The first kappa shape index (κ1) is 82.7. The molecule has 1 unspecified atom stereocenters. The fourth-order valence-corrected chi connectivity index (χ4v) is 9.19. The number of carbonyl (C=O) groups excluding carboxylic acids is 7. The van der Waals surface area contributed by atoms with E-state index in [1.165, 1.54) is 47.9 Å². The molecule has 0 aliphatic rings. The minimum absolute atomic E-state index is 0. The average Bonchev–Trinajstić information content (AvgIpc) is 1.65. The summed E-state index contributed by atoms with van der Waals surface area (Å²) in [5, 5.41) is 15.1. The molecule has 2 heterocycles. The Morgan fingerprint density at radius 2 is 1.05 bits per heavy atom. The van der Waals surface area contributed by atoms with Crippen molar-refractivity contribution < 1.29 is 196 Å². The second-order valence-electron chi connectivity index (χ2n) is 19.8. The van der Waals surface area contributed by atoms with E-state index in [1.807, 2.05) is 125 Å². The van der Waals surface area contributed by atoms with Gasteiger partial charge in [0.05, 0.1) is 23.1 Å². The average molecular weight is 1620 g/mol. The summed E-state index contributed by atoms with van der Waals surface area (Å²) >= 11 is 18.5. The van der Waals surface area contributed by atoms with Gasteiger partial charge in [0.1, 0.15) is 43.6 Å². The number of rotatable bonds is 17. The number of benzene rings is 6. The third-order valence-electron chi connectivity index (χ3n) is 12.7. The summed E-state index contributed by atoms with van der Waals surface area (Å²) in [5.74, 6) is 5.98. The van der Waals surface area contributed by atoms with Gasteiger partial charge in [-0.3, -0.25) is 33.6 Å². The van der Waals surface area contributed by atoms with Crippen molar-refractivity contribution >= 4 is 122 Å². The van der Waals surface area contributed by atoms with E-state index in [0.29, 0.717) is 22.0 Å². The molecule has 0 spiro atoms. The van der Waals surface area contributed by atoms with E-state index in [-0.39, 0.29) is 242 Å². The Morgan fingerprint density at radius 3 is 1.43 bits per heavy atom. The van der Waals surface area contributed by atoms with Crippen LogP contribution in [0.3, 0.4) is 0 Å². The van der Waals surface area contributed by atoms with Gasteiger partial charge in [0, 0.05) is 103 Å². The van der Waals surface area contributed by atoms with E-state index in [2.05, 4.69) is 61.5 Å². The van der Waals surface area contributed by atoms with Crippen LogP contribution in [-0.2, 0) is 59.6 Å². The molecule has 6 aromatic carbocycles. The maximum Gasteiger partial charge on any atom is 1.00 e. The van der Waals surface area contributed by atoms with Gasteiger partial charge in [0.2, 0.25) is 23.6 Å². The predicted molar refractivity (Wildman–Crippen MR) is 349 cm³/mol. The number of ketones is 2. The molecule has 8 rings (SSSR count). The molecule has 16 nitrogen and oxygen atoms in total. The normalized spacial score (nSPS) is 10.2. The summed E-state index contributed by atoms with van der Waals surface area (Å²) in [6.07, 6.45) is 8.43. The SMILES string of the molecule is C#Cc1ccccc1.CC(=O)c1cn(CC(=O)N(CC(=O)NCc2cccc(Cl)c2F)C(C)C)c2ccc(Br)cc12.CC(=O)c1cn(CC(=O)N(CC(=O)NCc2cccc(Cl)c2F)C(C)C)c2ccc(C#Cc3ccccc3)cc12.C[P+](=O)S.O=CO[O-].[Cs+].[Cs+].[H-]. The van der Waals surface area contributed by atoms with Gasteiger partial charge in [-0.05, 0) is 114 Å². The molecule has 0 aliphatic carbocycles. The van der Waals surface area contributed by atoms with Gasteiger partial charge >= 0.3 is 145 Å². The van der Waals surface area contributed by atoms with Crippen LogP contribution in [0.1, 0.15) is 91.5 Å². The molecule has 0 aliphatic heterocycles. The van der Waals surface area contributed by atoms with Crippen LogP contribution in [0.25, 0.3) is 21.8 Å². The summed E-state index contributed by atoms with van der Waals surface area (Å²) < 4.78 is 41.9. The fourth-order valence-electron chi connectivity index (χ4n) is 8.44. The quantitative estimate of drug-likeness (QED) is 0.0183. The van der Waals surface area contributed by atoms with E-state index >= 15 is 0 Å². The zero-order valence-electron chi connectivity index (χ0n) is 52.6. The second kappa shape index (κ2) is 42.9. The van der Waals surface area contributed by atoms with Crippen molar-refractivity contribution in [1.29, 1.82) is 0 Å². The summed E-state index contributed by atoms with van der Waals surface area (Å²) in [6.45, 7) is 11.0. The third kappa shape index (κ3) is 27.5. The first-order valence-corrected chi connectivity index (χ1v) is 31.5. The molecule has 4 amide bonds. The summed E-state index contributed by atoms with van der Waals surface area (Å²) in [4.78, 5) is 90.3. The van der Waals surface area contributed by atoms with Crippen LogP contribution in [0.5, 0.6) is 0 Å². The van der Waals surface area contributed by atoms with Gasteiger partial charge in [0.15, 0.2) is 11.6 Å². The van der Waals surface area contributed by atoms with Crippen molar-refractivity contribution in [3.63, 3.8) is 0 Å². The number of fused-ring (bicyclic) bond motifs is 2. The van der Waals surface area contributed by atoms with Crippen LogP contribution < -0.4 is 154 Å². The fraction of sp³-hybridized carbons (Fsp3) is 0.227. The second-order valence-corrected chi connectivity index (χ2v) is 24.2. The largest absolute Gasteiger partial charge is 1.00 e. The number of Topliss-reactive ketones (excluding diaryl/α,β-unsaturated/α-hetero) is 2. The molecule has 0 saturated heterocycles. The molecule has 2 aromatic heterocycles. The zero-order chi connectivity index (χ0) is 65.9. The standard InChI is InChI=1S/C32H29ClFN3O3.C24H24BrClFN3O3.C8H6.CH2O3.CH3OPS.2Cs.H/c1-21(2)37(19-30(39)35-17-25-10-7-11-28(33)32(25)34)31(40)20-36-18-27(22(3)38)26-16-24(14-15-29(26)36)13-12-23-8-5-4-6-9-23;1-14(2)30(12-22(32)28-10-16-5-4-6-20(26)24(16)27)23(33)13-29-11-19(15(3)31)18-9-17(25)7-8-21(18)29;1-2-8-6-4-3-5-7-8;2-1-4-3;1-3(2)4;;;/h4-11,14-16,18,21H,17,19-20H2,1-3H3,(H,35,39);4-9,11,14H,10,12-13H2,1-3H3,(H,28,32);1,3-7H;1,3H;1H3;;;/q;;;;;2*+1;-1. The number of hydrogen-bond donors (Lipinski definition) is 3. The first-order valence-electron chi connectivity index (χ1n) is 27.1. The molecule has 0 saturated carbocycles. The molecule has 91 heavy (non-hydrogen) atoms. The van der Waals surface area contributed by atoms with E-state index in [4.69, 9.17) is 39.7 Å².